The standard InChI is InChI=1S/C24H26BF2N3O/c1-14(24(30-31)29-18-7-8-22(27)21(25)13-18)15-2-4-16(5-3-15)19-10-11-28-23-9-6-17(26)12-20(19)23/h6-16,31H,2-5,25H2,1H3,(H,29,30)/t14-,15-,16-/m0/s1. The Hall–Kier alpha value is -2.96. The van der Waals surface area contributed by atoms with E-state index >= 15 is 0 Å². The lowest BCUT2D eigenvalue weighted by Gasteiger charge is -2.33. The van der Waals surface area contributed by atoms with Crippen molar-refractivity contribution in [3.63, 3.8) is 0 Å². The van der Waals surface area contributed by atoms with Crippen LogP contribution >= 0.6 is 0 Å². The predicted octanol–water partition coefficient (Wildman–Crippen LogP) is 4.58. The fourth-order valence-corrected chi connectivity index (χ4v) is 4.75. The van der Waals surface area contributed by atoms with Gasteiger partial charge in [-0.25, -0.2) is 8.78 Å². The lowest BCUT2D eigenvalue weighted by molar-refractivity contribution is 0.273. The third kappa shape index (κ3) is 4.55. The minimum absolute atomic E-state index is 0.0305. The third-order valence-corrected chi connectivity index (χ3v) is 6.63. The van der Waals surface area contributed by atoms with Gasteiger partial charge in [0.1, 0.15) is 25.3 Å². The number of benzene rings is 2. The summed E-state index contributed by atoms with van der Waals surface area (Å²) in [6, 6.07) is 11.5. The first kappa shape index (κ1) is 21.3. The molecule has 0 saturated heterocycles. The van der Waals surface area contributed by atoms with Crippen LogP contribution in [0.4, 0.5) is 14.5 Å². The van der Waals surface area contributed by atoms with Crippen LogP contribution in [0.1, 0.15) is 44.1 Å². The van der Waals surface area contributed by atoms with Gasteiger partial charge >= 0.3 is 0 Å². The Kier molecular flexibility index (Phi) is 6.21. The fraction of sp³-hybridized carbons (Fsp3) is 0.333. The number of hydrogen-bond donors (Lipinski definition) is 2. The Balaban J connectivity index is 1.44. The summed E-state index contributed by atoms with van der Waals surface area (Å²) in [6.45, 7) is 2.06. The lowest BCUT2D eigenvalue weighted by Crippen LogP contribution is -2.30. The van der Waals surface area contributed by atoms with Crippen LogP contribution in [0.25, 0.3) is 10.9 Å². The zero-order valence-electron chi connectivity index (χ0n) is 17.8. The van der Waals surface area contributed by atoms with Crippen molar-refractivity contribution in [2.24, 2.45) is 17.0 Å². The summed E-state index contributed by atoms with van der Waals surface area (Å²) in [4.78, 5) is 4.36. The highest BCUT2D eigenvalue weighted by Gasteiger charge is 2.30. The second-order valence-electron chi connectivity index (χ2n) is 8.54. The summed E-state index contributed by atoms with van der Waals surface area (Å²) in [5, 5.41) is 17.1. The van der Waals surface area contributed by atoms with Crippen molar-refractivity contribution >= 4 is 35.7 Å². The summed E-state index contributed by atoms with van der Waals surface area (Å²) in [6.07, 6.45) is 5.73. The molecule has 1 aliphatic rings. The molecule has 0 amide bonds. The molecule has 4 nitrogen and oxygen atoms in total. The molecule has 4 rings (SSSR count). The third-order valence-electron chi connectivity index (χ3n) is 6.63. The Bertz CT molecular complexity index is 1110. The molecule has 0 bridgehead atoms. The van der Waals surface area contributed by atoms with Crippen LogP contribution in [0.3, 0.4) is 0 Å². The number of oxime groups is 1. The number of pyridine rings is 1. The second kappa shape index (κ2) is 9.04. The molecular weight excluding hydrogens is 395 g/mol. The van der Waals surface area contributed by atoms with E-state index in [2.05, 4.69) is 22.4 Å². The molecule has 7 heteroatoms. The van der Waals surface area contributed by atoms with E-state index in [1.807, 2.05) is 6.07 Å². The first-order valence-electron chi connectivity index (χ1n) is 10.8. The van der Waals surface area contributed by atoms with Crippen molar-refractivity contribution < 1.29 is 14.0 Å². The van der Waals surface area contributed by atoms with Crippen LogP contribution in [-0.4, -0.2) is 23.9 Å². The molecule has 1 atom stereocenters. The van der Waals surface area contributed by atoms with E-state index in [4.69, 9.17) is 0 Å². The van der Waals surface area contributed by atoms with Crippen LogP contribution in [0.15, 0.2) is 53.8 Å². The van der Waals surface area contributed by atoms with Crippen LogP contribution in [0, 0.1) is 23.5 Å². The summed E-state index contributed by atoms with van der Waals surface area (Å²) in [5.41, 5.74) is 3.23. The van der Waals surface area contributed by atoms with Gasteiger partial charge in [-0.1, -0.05) is 17.5 Å². The number of rotatable bonds is 4. The topological polar surface area (TPSA) is 57.5 Å². The van der Waals surface area contributed by atoms with Crippen molar-refractivity contribution in [3.05, 3.63) is 65.9 Å². The molecule has 0 unspecified atom stereocenters. The minimum atomic E-state index is -0.261. The highest BCUT2D eigenvalue weighted by Crippen LogP contribution is 2.41. The SMILES string of the molecule is Bc1cc(N/C(=N\O)[C@@H](C)[C@H]2CC[C@H](c3ccnc4ccc(F)cc43)CC2)ccc1F. The van der Waals surface area contributed by atoms with Gasteiger partial charge in [-0.2, -0.15) is 0 Å². The zero-order chi connectivity index (χ0) is 22.0. The van der Waals surface area contributed by atoms with Gasteiger partial charge in [0.05, 0.1) is 5.52 Å². The molecule has 1 saturated carbocycles. The number of nitrogens with zero attached hydrogens (tertiary/aromatic N) is 2. The van der Waals surface area contributed by atoms with E-state index in [9.17, 15) is 14.0 Å². The van der Waals surface area contributed by atoms with Crippen LogP contribution < -0.4 is 10.8 Å². The van der Waals surface area contributed by atoms with E-state index in [-0.39, 0.29) is 17.6 Å². The van der Waals surface area contributed by atoms with Crippen molar-refractivity contribution in [2.75, 3.05) is 5.32 Å². The summed E-state index contributed by atoms with van der Waals surface area (Å²) < 4.78 is 27.3. The lowest BCUT2D eigenvalue weighted by atomic mass is 9.73. The number of hydrogen-bond acceptors (Lipinski definition) is 3. The average molecular weight is 421 g/mol. The number of aromatic nitrogens is 1. The maximum atomic E-state index is 13.8. The molecule has 2 N–H and O–H groups in total. The molecule has 0 aliphatic heterocycles. The van der Waals surface area contributed by atoms with Gasteiger partial charge < -0.3 is 10.5 Å². The van der Waals surface area contributed by atoms with Crippen molar-refractivity contribution in [2.45, 2.75) is 38.5 Å². The van der Waals surface area contributed by atoms with Gasteiger partial charge in [0.25, 0.3) is 0 Å². The van der Waals surface area contributed by atoms with Crippen molar-refractivity contribution in [3.8, 4) is 0 Å². The van der Waals surface area contributed by atoms with Gasteiger partial charge in [-0.15, -0.1) is 0 Å². The highest BCUT2D eigenvalue weighted by atomic mass is 19.1. The van der Waals surface area contributed by atoms with Crippen LogP contribution in [0.2, 0.25) is 0 Å². The fourth-order valence-electron chi connectivity index (χ4n) is 4.75. The highest BCUT2D eigenvalue weighted by molar-refractivity contribution is 6.32. The molecule has 1 aliphatic carbocycles. The summed E-state index contributed by atoms with van der Waals surface area (Å²) >= 11 is 0. The first-order chi connectivity index (χ1) is 15.0. The number of amidine groups is 1. The van der Waals surface area contributed by atoms with E-state index in [0.29, 0.717) is 28.8 Å². The smallest absolute Gasteiger partial charge is 0.149 e. The van der Waals surface area contributed by atoms with Crippen LogP contribution in [-0.2, 0) is 0 Å². The molecule has 1 aromatic heterocycles. The number of anilines is 1. The maximum absolute atomic E-state index is 13.8. The maximum Gasteiger partial charge on any atom is 0.149 e. The van der Waals surface area contributed by atoms with Crippen molar-refractivity contribution in [1.29, 1.82) is 0 Å². The molecular formula is C24H26BF2N3O. The quantitative estimate of drug-likeness (QED) is 0.213. The first-order valence-corrected chi connectivity index (χ1v) is 10.8. The molecule has 3 aromatic rings. The van der Waals surface area contributed by atoms with E-state index in [1.54, 1.807) is 38.3 Å². The number of halogens is 2. The average Bonchev–Trinajstić information content (AvgIpc) is 2.79. The van der Waals surface area contributed by atoms with Gasteiger partial charge in [-0.3, -0.25) is 4.98 Å². The van der Waals surface area contributed by atoms with Gasteiger partial charge in [0, 0.05) is 23.2 Å². The molecule has 160 valence electrons. The Morgan fingerprint density at radius 1 is 1.13 bits per heavy atom. The van der Waals surface area contributed by atoms with E-state index in [0.717, 1.165) is 42.1 Å². The Morgan fingerprint density at radius 2 is 1.90 bits per heavy atom. The molecule has 0 spiro atoms. The van der Waals surface area contributed by atoms with Crippen molar-refractivity contribution in [1.82, 2.24) is 4.98 Å². The Labute approximate surface area is 181 Å². The monoisotopic (exact) mass is 421 g/mol. The molecule has 1 fully saturated rings. The molecule has 1 heterocycles. The largest absolute Gasteiger partial charge is 0.409 e. The van der Waals surface area contributed by atoms with Gasteiger partial charge in [0.2, 0.25) is 0 Å². The second-order valence-corrected chi connectivity index (χ2v) is 8.54. The molecule has 2 aromatic carbocycles. The molecule has 0 radical (unpaired) electrons. The molecule has 31 heavy (non-hydrogen) atoms. The van der Waals surface area contributed by atoms with E-state index < -0.39 is 0 Å². The van der Waals surface area contributed by atoms with E-state index in [1.165, 1.54) is 12.1 Å². The zero-order valence-corrected chi connectivity index (χ0v) is 17.8. The summed E-state index contributed by atoms with van der Waals surface area (Å²) in [7, 11) is 1.70. The Morgan fingerprint density at radius 3 is 2.61 bits per heavy atom. The van der Waals surface area contributed by atoms with Crippen LogP contribution in [0.5, 0.6) is 0 Å². The summed E-state index contributed by atoms with van der Waals surface area (Å²) in [5.74, 6) is 0.741. The minimum Gasteiger partial charge on any atom is -0.409 e. The van der Waals surface area contributed by atoms with Gasteiger partial charge in [-0.05, 0) is 85.5 Å². The predicted molar refractivity (Wildman–Crippen MR) is 123 cm³/mol. The normalized spacial score (nSPS) is 20.5. The van der Waals surface area contributed by atoms with Gasteiger partial charge in [0.15, 0.2) is 0 Å². The number of nitrogens with one attached hydrogen (secondary N) is 1. The number of fused-ring (bicyclic) bond motifs is 1.